The van der Waals surface area contributed by atoms with Gasteiger partial charge in [-0.15, -0.1) is 12.4 Å². The van der Waals surface area contributed by atoms with E-state index in [1.807, 2.05) is 0 Å². The fourth-order valence-corrected chi connectivity index (χ4v) is 4.58. The molecule has 2 N–H and O–H groups in total. The van der Waals surface area contributed by atoms with Gasteiger partial charge in [0.05, 0.1) is 17.2 Å². The molecule has 0 bridgehead atoms. The van der Waals surface area contributed by atoms with E-state index in [0.717, 1.165) is 19.4 Å². The highest BCUT2D eigenvalue weighted by molar-refractivity contribution is 7.92. The van der Waals surface area contributed by atoms with E-state index in [4.69, 9.17) is 44.3 Å². The van der Waals surface area contributed by atoms with Crippen LogP contribution < -0.4 is 19.5 Å². The number of hydrogen-bond acceptors (Lipinski definition) is 7. The van der Waals surface area contributed by atoms with Crippen LogP contribution in [0.15, 0.2) is 23.1 Å². The van der Waals surface area contributed by atoms with E-state index in [1.165, 1.54) is 25.3 Å². The van der Waals surface area contributed by atoms with Crippen LogP contribution in [0.3, 0.4) is 0 Å². The van der Waals surface area contributed by atoms with Gasteiger partial charge >= 0.3 is 0 Å². The molecular weight excluding hydrogens is 486 g/mol. The smallest absolute Gasteiger partial charge is 0.264 e. The maximum atomic E-state index is 12.7. The Balaban J connectivity index is 0.00000300. The molecule has 1 aliphatic heterocycles. The Labute approximate surface area is 189 Å². The highest BCUT2D eigenvalue weighted by Gasteiger charge is 2.24. The molecule has 1 fully saturated rings. The van der Waals surface area contributed by atoms with Gasteiger partial charge in [-0.05, 0) is 31.5 Å². The lowest BCUT2D eigenvalue weighted by Crippen LogP contribution is -2.28. The normalized spacial score (nSPS) is 16.2. The second-order valence-electron chi connectivity index (χ2n) is 5.94. The molecule has 1 unspecified atom stereocenters. The predicted octanol–water partition coefficient (Wildman–Crippen LogP) is 3.80. The molecule has 1 aromatic heterocycles. The van der Waals surface area contributed by atoms with E-state index in [0.29, 0.717) is 6.61 Å². The third-order valence-electron chi connectivity index (χ3n) is 4.01. The van der Waals surface area contributed by atoms with Crippen LogP contribution in [-0.2, 0) is 10.0 Å². The SMILES string of the molecule is COc1nc(OCC2CCCN2)c(Cl)nc1NS(=O)(=O)c1cccc(Cl)c1Cl.Cl. The standard InChI is InChI=1S/C16H17Cl3N4O4S.ClH/c1-26-16-14(23-28(24,25)11-6-2-5-10(17)12(11)18)21-13(19)15(22-16)27-8-9-4-3-7-20-9;/h2,5-6,9,20H,3-4,7-8H2,1H3,(H,21,23);1H. The molecule has 0 amide bonds. The van der Waals surface area contributed by atoms with Gasteiger partial charge in [0.2, 0.25) is 5.82 Å². The van der Waals surface area contributed by atoms with Crippen molar-refractivity contribution >= 4 is 63.1 Å². The molecule has 8 nitrogen and oxygen atoms in total. The molecule has 0 aliphatic carbocycles. The first kappa shape index (κ1) is 24.0. The van der Waals surface area contributed by atoms with Crippen molar-refractivity contribution in [1.29, 1.82) is 0 Å². The van der Waals surface area contributed by atoms with E-state index < -0.39 is 10.0 Å². The van der Waals surface area contributed by atoms with Crippen LogP contribution >= 0.6 is 47.2 Å². The number of halogens is 4. The lowest BCUT2D eigenvalue weighted by atomic mass is 10.2. The Morgan fingerprint density at radius 2 is 2.00 bits per heavy atom. The summed E-state index contributed by atoms with van der Waals surface area (Å²) in [6.45, 7) is 1.30. The molecule has 160 valence electrons. The summed E-state index contributed by atoms with van der Waals surface area (Å²) in [6.07, 6.45) is 2.06. The van der Waals surface area contributed by atoms with Crippen LogP contribution in [0.1, 0.15) is 12.8 Å². The van der Waals surface area contributed by atoms with Crippen molar-refractivity contribution < 1.29 is 17.9 Å². The van der Waals surface area contributed by atoms with Crippen molar-refractivity contribution in [3.05, 3.63) is 33.4 Å². The first-order valence-electron chi connectivity index (χ1n) is 8.26. The van der Waals surface area contributed by atoms with Crippen molar-refractivity contribution in [3.8, 4) is 11.8 Å². The highest BCUT2D eigenvalue weighted by atomic mass is 35.5. The summed E-state index contributed by atoms with van der Waals surface area (Å²) < 4.78 is 38.4. The van der Waals surface area contributed by atoms with Gasteiger partial charge in [-0.2, -0.15) is 4.98 Å². The summed E-state index contributed by atoms with van der Waals surface area (Å²) in [7, 11) is -2.79. The van der Waals surface area contributed by atoms with Crippen molar-refractivity contribution in [2.45, 2.75) is 23.8 Å². The van der Waals surface area contributed by atoms with Crippen molar-refractivity contribution in [2.75, 3.05) is 25.0 Å². The number of methoxy groups -OCH3 is 1. The zero-order valence-corrected chi connectivity index (χ0v) is 19.0. The summed E-state index contributed by atoms with van der Waals surface area (Å²) >= 11 is 18.0. The van der Waals surface area contributed by atoms with E-state index in [9.17, 15) is 8.42 Å². The Morgan fingerprint density at radius 3 is 2.66 bits per heavy atom. The van der Waals surface area contributed by atoms with Gasteiger partial charge in [-0.1, -0.05) is 40.9 Å². The second kappa shape index (κ2) is 10.2. The molecule has 2 aromatic rings. The Hall–Kier alpha value is -1.23. The summed E-state index contributed by atoms with van der Waals surface area (Å²) in [4.78, 5) is 7.92. The number of ether oxygens (including phenoxy) is 2. The molecule has 1 aromatic carbocycles. The van der Waals surface area contributed by atoms with Gasteiger partial charge in [-0.3, -0.25) is 4.72 Å². The molecule has 29 heavy (non-hydrogen) atoms. The molecule has 13 heteroatoms. The van der Waals surface area contributed by atoms with Crippen LogP contribution in [-0.4, -0.2) is 44.7 Å². The minimum absolute atomic E-state index is 0. The largest absolute Gasteiger partial charge is 0.478 e. The monoisotopic (exact) mass is 502 g/mol. The molecule has 0 saturated carbocycles. The topological polar surface area (TPSA) is 102 Å². The number of aromatic nitrogens is 2. The average molecular weight is 504 g/mol. The molecule has 0 spiro atoms. The fourth-order valence-electron chi connectivity index (χ4n) is 2.64. The van der Waals surface area contributed by atoms with Crippen molar-refractivity contribution in [2.24, 2.45) is 0 Å². The van der Waals surface area contributed by atoms with Gasteiger partial charge in [0.15, 0.2) is 5.15 Å². The zero-order valence-electron chi connectivity index (χ0n) is 15.1. The maximum absolute atomic E-state index is 12.7. The number of nitrogens with zero attached hydrogens (tertiary/aromatic N) is 2. The second-order valence-corrected chi connectivity index (χ2v) is 8.73. The number of rotatable bonds is 7. The first-order chi connectivity index (χ1) is 13.3. The van der Waals surface area contributed by atoms with Crippen LogP contribution in [0.25, 0.3) is 0 Å². The molecule has 3 rings (SSSR count). The van der Waals surface area contributed by atoms with Gasteiger partial charge in [0, 0.05) is 6.04 Å². The Kier molecular flexibility index (Phi) is 8.45. The van der Waals surface area contributed by atoms with Gasteiger partial charge in [0.25, 0.3) is 21.8 Å². The predicted molar refractivity (Wildman–Crippen MR) is 115 cm³/mol. The number of nitrogens with one attached hydrogen (secondary N) is 2. The van der Waals surface area contributed by atoms with E-state index >= 15 is 0 Å². The lowest BCUT2D eigenvalue weighted by Gasteiger charge is -2.15. The molecule has 0 radical (unpaired) electrons. The maximum Gasteiger partial charge on any atom is 0.264 e. The molecular formula is C16H18Cl4N4O4S. The quantitative estimate of drug-likeness (QED) is 0.592. The number of benzene rings is 1. The third-order valence-corrected chi connectivity index (χ3v) is 6.56. The van der Waals surface area contributed by atoms with Crippen LogP contribution in [0, 0.1) is 0 Å². The zero-order chi connectivity index (χ0) is 20.3. The van der Waals surface area contributed by atoms with E-state index in [2.05, 4.69) is 20.0 Å². The first-order valence-corrected chi connectivity index (χ1v) is 10.9. The molecule has 1 saturated heterocycles. The summed E-state index contributed by atoms with van der Waals surface area (Å²) in [6, 6.07) is 4.45. The minimum Gasteiger partial charge on any atom is -0.478 e. The summed E-state index contributed by atoms with van der Waals surface area (Å²) in [5, 5.41) is 3.17. The van der Waals surface area contributed by atoms with Crippen LogP contribution in [0.2, 0.25) is 15.2 Å². The minimum atomic E-state index is -4.11. The number of sulfonamides is 1. The van der Waals surface area contributed by atoms with Gasteiger partial charge in [0.1, 0.15) is 11.5 Å². The summed E-state index contributed by atoms with van der Waals surface area (Å²) in [5.41, 5.74) is 0. The Bertz CT molecular complexity index is 972. The average Bonchev–Trinajstić information content (AvgIpc) is 3.16. The lowest BCUT2D eigenvalue weighted by molar-refractivity contribution is 0.262. The third kappa shape index (κ3) is 5.68. The van der Waals surface area contributed by atoms with E-state index in [-0.39, 0.29) is 56.1 Å². The summed E-state index contributed by atoms with van der Waals surface area (Å²) in [5.74, 6) is -0.244. The molecule has 1 atom stereocenters. The highest BCUT2D eigenvalue weighted by Crippen LogP contribution is 2.33. The van der Waals surface area contributed by atoms with Gasteiger partial charge in [-0.25, -0.2) is 13.4 Å². The van der Waals surface area contributed by atoms with Crippen LogP contribution in [0.4, 0.5) is 5.82 Å². The van der Waals surface area contributed by atoms with Gasteiger partial charge < -0.3 is 14.8 Å². The number of hydrogen-bond donors (Lipinski definition) is 2. The van der Waals surface area contributed by atoms with Crippen LogP contribution in [0.5, 0.6) is 11.8 Å². The fraction of sp³-hybridized carbons (Fsp3) is 0.375. The molecule has 2 heterocycles. The Morgan fingerprint density at radius 1 is 1.24 bits per heavy atom. The number of anilines is 1. The van der Waals surface area contributed by atoms with Crippen molar-refractivity contribution in [3.63, 3.8) is 0 Å². The van der Waals surface area contributed by atoms with Crippen molar-refractivity contribution in [1.82, 2.24) is 15.3 Å². The van der Waals surface area contributed by atoms with E-state index in [1.54, 1.807) is 0 Å². The molecule has 1 aliphatic rings.